The van der Waals surface area contributed by atoms with E-state index in [1.807, 2.05) is 0 Å². The largest absolute Gasteiger partial charge is 0.351 e. The first kappa shape index (κ1) is 17.4. The van der Waals surface area contributed by atoms with Gasteiger partial charge in [-0.1, -0.05) is 74.0 Å². The van der Waals surface area contributed by atoms with E-state index in [1.165, 1.54) is 22.3 Å². The lowest BCUT2D eigenvalue weighted by atomic mass is 9.93. The van der Waals surface area contributed by atoms with Gasteiger partial charge in [0.1, 0.15) is 0 Å². The van der Waals surface area contributed by atoms with Gasteiger partial charge in [0.05, 0.1) is 6.54 Å². The second-order valence-electron chi connectivity index (χ2n) is 6.57. The number of benzene rings is 2. The Morgan fingerprint density at radius 2 is 1.92 bits per heavy atom. The van der Waals surface area contributed by atoms with Crippen LogP contribution in [0, 0.1) is 0 Å². The molecule has 0 aliphatic carbocycles. The fourth-order valence-corrected chi connectivity index (χ4v) is 3.27. The van der Waals surface area contributed by atoms with E-state index < -0.39 is 0 Å². The number of rotatable bonds is 6. The Balaban J connectivity index is 1.84. The van der Waals surface area contributed by atoms with Gasteiger partial charge in [0.25, 0.3) is 0 Å². The lowest BCUT2D eigenvalue weighted by Crippen LogP contribution is -2.52. The van der Waals surface area contributed by atoms with E-state index in [0.29, 0.717) is 6.54 Å². The molecule has 0 spiro atoms. The molecule has 0 aromatic heterocycles. The minimum Gasteiger partial charge on any atom is -0.351 e. The second-order valence-corrected chi connectivity index (χ2v) is 6.57. The van der Waals surface area contributed by atoms with Crippen molar-refractivity contribution < 1.29 is 4.79 Å². The first-order valence-corrected chi connectivity index (χ1v) is 9.11. The number of piperazine rings is 1. The van der Waals surface area contributed by atoms with Gasteiger partial charge in [0, 0.05) is 12.6 Å². The minimum absolute atomic E-state index is 0.0835. The number of unbranched alkanes of at least 4 members (excludes halogenated alkanes) is 1. The van der Waals surface area contributed by atoms with Gasteiger partial charge in [-0.2, -0.15) is 0 Å². The monoisotopic (exact) mass is 334 g/mol. The summed E-state index contributed by atoms with van der Waals surface area (Å²) in [4.78, 5) is 11.6. The lowest BCUT2D eigenvalue weighted by molar-refractivity contribution is -0.122. The summed E-state index contributed by atoms with van der Waals surface area (Å²) in [5, 5.41) is 6.24. The highest BCUT2D eigenvalue weighted by atomic mass is 16.2. The molecule has 1 heterocycles. The maximum Gasteiger partial charge on any atom is 0.234 e. The van der Waals surface area contributed by atoms with E-state index in [2.05, 4.69) is 78.2 Å². The van der Waals surface area contributed by atoms with Gasteiger partial charge in [-0.15, -0.1) is 0 Å². The maximum absolute atomic E-state index is 11.6. The number of carbonyl (C=O) groups is 1. The van der Waals surface area contributed by atoms with Crippen LogP contribution in [0.15, 0.2) is 60.7 Å². The predicted octanol–water partition coefficient (Wildman–Crippen LogP) is 3.55. The van der Waals surface area contributed by atoms with Crippen LogP contribution in [0.4, 0.5) is 0 Å². The summed E-state index contributed by atoms with van der Waals surface area (Å²) in [7, 11) is 0. The number of nitrogens with one attached hydrogen (secondary N) is 2. The zero-order chi connectivity index (χ0) is 17.5. The van der Waals surface area contributed by atoms with Crippen LogP contribution < -0.4 is 10.6 Å². The predicted molar refractivity (Wildman–Crippen MR) is 103 cm³/mol. The quantitative estimate of drug-likeness (QED) is 0.848. The van der Waals surface area contributed by atoms with Crippen LogP contribution in [0.2, 0.25) is 0 Å². The van der Waals surface area contributed by atoms with Gasteiger partial charge >= 0.3 is 0 Å². The second kappa shape index (κ2) is 8.63. The third-order valence-corrected chi connectivity index (χ3v) is 4.48. The Labute approximate surface area is 150 Å². The Morgan fingerprint density at radius 3 is 2.68 bits per heavy atom. The SMILES string of the molecule is CCCC=C(c1ccccc1)c1cccc(CC2CNCC(=O)N2)c1. The summed E-state index contributed by atoms with van der Waals surface area (Å²) in [6, 6.07) is 19.4. The molecule has 0 saturated carbocycles. The first-order valence-electron chi connectivity index (χ1n) is 9.11. The van der Waals surface area contributed by atoms with Crippen LogP contribution in [0.3, 0.4) is 0 Å². The number of allylic oxidation sites excluding steroid dienone is 1. The van der Waals surface area contributed by atoms with Crippen LogP contribution in [0.25, 0.3) is 5.57 Å². The van der Waals surface area contributed by atoms with Crippen molar-refractivity contribution >= 4 is 11.5 Å². The van der Waals surface area contributed by atoms with Crippen LogP contribution >= 0.6 is 0 Å². The van der Waals surface area contributed by atoms with Crippen LogP contribution in [0.5, 0.6) is 0 Å². The van der Waals surface area contributed by atoms with Crippen LogP contribution in [-0.2, 0) is 11.2 Å². The van der Waals surface area contributed by atoms with E-state index in [1.54, 1.807) is 0 Å². The average molecular weight is 334 g/mol. The van der Waals surface area contributed by atoms with Gasteiger partial charge in [0.2, 0.25) is 5.91 Å². The van der Waals surface area contributed by atoms with Crippen molar-refractivity contribution in [1.29, 1.82) is 0 Å². The van der Waals surface area contributed by atoms with Crippen LogP contribution in [0.1, 0.15) is 36.5 Å². The van der Waals surface area contributed by atoms with E-state index in [4.69, 9.17) is 0 Å². The molecular weight excluding hydrogens is 308 g/mol. The average Bonchev–Trinajstić information content (AvgIpc) is 2.63. The highest BCUT2D eigenvalue weighted by Gasteiger charge is 2.18. The summed E-state index contributed by atoms with van der Waals surface area (Å²) in [6.07, 6.45) is 5.38. The molecule has 25 heavy (non-hydrogen) atoms. The number of hydrogen-bond donors (Lipinski definition) is 2. The number of hydrogen-bond acceptors (Lipinski definition) is 2. The van der Waals surface area contributed by atoms with Crippen molar-refractivity contribution in [2.75, 3.05) is 13.1 Å². The molecule has 1 atom stereocenters. The molecule has 130 valence electrons. The molecule has 0 radical (unpaired) electrons. The van der Waals surface area contributed by atoms with Crippen molar-refractivity contribution in [2.24, 2.45) is 0 Å². The van der Waals surface area contributed by atoms with E-state index >= 15 is 0 Å². The van der Waals surface area contributed by atoms with Crippen molar-refractivity contribution in [1.82, 2.24) is 10.6 Å². The van der Waals surface area contributed by atoms with Gasteiger partial charge in [-0.25, -0.2) is 0 Å². The summed E-state index contributed by atoms with van der Waals surface area (Å²) in [5.74, 6) is 0.0835. The molecule has 1 saturated heterocycles. The number of amides is 1. The van der Waals surface area contributed by atoms with Crippen LogP contribution in [-0.4, -0.2) is 25.0 Å². The molecular formula is C22H26N2O. The van der Waals surface area contributed by atoms with Gasteiger partial charge in [0.15, 0.2) is 0 Å². The molecule has 3 nitrogen and oxygen atoms in total. The smallest absolute Gasteiger partial charge is 0.234 e. The minimum atomic E-state index is 0.0835. The molecule has 2 N–H and O–H groups in total. The van der Waals surface area contributed by atoms with Crippen molar-refractivity contribution in [3.63, 3.8) is 0 Å². The summed E-state index contributed by atoms with van der Waals surface area (Å²) < 4.78 is 0. The molecule has 1 aliphatic rings. The Kier molecular flexibility index (Phi) is 6.02. The molecule has 2 aromatic rings. The fraction of sp³-hybridized carbons (Fsp3) is 0.318. The van der Waals surface area contributed by atoms with Gasteiger partial charge in [-0.3, -0.25) is 4.79 Å². The van der Waals surface area contributed by atoms with Crippen molar-refractivity contribution in [3.8, 4) is 0 Å². The number of carbonyl (C=O) groups excluding carboxylic acids is 1. The Hall–Kier alpha value is -2.39. The first-order chi connectivity index (χ1) is 12.3. The molecule has 0 bridgehead atoms. The highest BCUT2D eigenvalue weighted by Crippen LogP contribution is 2.25. The summed E-state index contributed by atoms with van der Waals surface area (Å²) >= 11 is 0. The molecule has 1 fully saturated rings. The Bertz CT molecular complexity index is 737. The molecule has 2 aromatic carbocycles. The van der Waals surface area contributed by atoms with E-state index in [-0.39, 0.29) is 11.9 Å². The highest BCUT2D eigenvalue weighted by molar-refractivity contribution is 5.80. The zero-order valence-corrected chi connectivity index (χ0v) is 14.8. The maximum atomic E-state index is 11.6. The third-order valence-electron chi connectivity index (χ3n) is 4.48. The fourth-order valence-electron chi connectivity index (χ4n) is 3.27. The van der Waals surface area contributed by atoms with Gasteiger partial charge in [-0.05, 0) is 35.1 Å². The summed E-state index contributed by atoms with van der Waals surface area (Å²) in [5.41, 5.74) is 5.04. The Morgan fingerprint density at radius 1 is 1.12 bits per heavy atom. The van der Waals surface area contributed by atoms with Gasteiger partial charge < -0.3 is 10.6 Å². The normalized spacial score (nSPS) is 18.0. The topological polar surface area (TPSA) is 41.1 Å². The molecule has 3 heteroatoms. The molecule has 3 rings (SSSR count). The van der Waals surface area contributed by atoms with E-state index in [0.717, 1.165) is 25.8 Å². The standard InChI is InChI=1S/C22H26N2O/c1-2-3-12-21(18-9-5-4-6-10-18)19-11-7-8-17(13-19)14-20-15-23-16-22(25)24-20/h4-13,20,23H,2-3,14-16H2,1H3,(H,24,25). The molecule has 1 unspecified atom stereocenters. The molecule has 1 amide bonds. The third kappa shape index (κ3) is 4.80. The van der Waals surface area contributed by atoms with Crippen molar-refractivity contribution in [2.45, 2.75) is 32.2 Å². The summed E-state index contributed by atoms with van der Waals surface area (Å²) in [6.45, 7) is 3.45. The molecule has 1 aliphatic heterocycles. The lowest BCUT2D eigenvalue weighted by Gasteiger charge is -2.24. The zero-order valence-electron chi connectivity index (χ0n) is 14.8. The van der Waals surface area contributed by atoms with Crippen molar-refractivity contribution in [3.05, 3.63) is 77.4 Å². The van der Waals surface area contributed by atoms with E-state index in [9.17, 15) is 4.79 Å².